The molecule has 1 heterocycles. The topological polar surface area (TPSA) is 56.5 Å². The van der Waals surface area contributed by atoms with E-state index in [0.29, 0.717) is 5.76 Å². The minimum atomic E-state index is -1.34. The second-order valence-electron chi connectivity index (χ2n) is 5.79. The molecule has 0 aliphatic carbocycles. The summed E-state index contributed by atoms with van der Waals surface area (Å²) in [6.07, 6.45) is 2.46. The van der Waals surface area contributed by atoms with Crippen molar-refractivity contribution in [3.05, 3.63) is 72.7 Å². The molecule has 4 nitrogen and oxygen atoms in total. The van der Waals surface area contributed by atoms with Crippen molar-refractivity contribution in [3.8, 4) is 0 Å². The fraction of sp³-hybridized carbons (Fsp3) is 0.300. The Bertz CT molecular complexity index is 672. The monoisotopic (exact) mass is 326 g/mol. The van der Waals surface area contributed by atoms with Crippen LogP contribution in [0.5, 0.6) is 0 Å². The van der Waals surface area contributed by atoms with Crippen LogP contribution in [0, 0.1) is 5.41 Å². The Hall–Kier alpha value is -2.46. The molecule has 0 radical (unpaired) electrons. The molecule has 0 saturated carbocycles. The van der Waals surface area contributed by atoms with E-state index >= 15 is 0 Å². The van der Waals surface area contributed by atoms with Gasteiger partial charge >= 0.3 is 0 Å². The molecule has 1 aromatic heterocycles. The number of rotatable bonds is 9. The molecule has 4 heteroatoms. The lowest BCUT2D eigenvalue weighted by molar-refractivity contribution is -0.148. The molecule has 24 heavy (non-hydrogen) atoms. The first-order valence-electron chi connectivity index (χ1n) is 7.83. The van der Waals surface area contributed by atoms with E-state index in [0.717, 1.165) is 5.56 Å². The molecule has 2 rings (SSSR count). The van der Waals surface area contributed by atoms with Gasteiger partial charge in [0.2, 0.25) is 0 Å². The van der Waals surface area contributed by atoms with E-state index in [4.69, 9.17) is 9.15 Å². The third-order valence-electron chi connectivity index (χ3n) is 4.26. The fourth-order valence-electron chi connectivity index (χ4n) is 2.86. The summed E-state index contributed by atoms with van der Waals surface area (Å²) in [7, 11) is 0. The Kier molecular flexibility index (Phi) is 5.88. The molecule has 1 atom stereocenters. The van der Waals surface area contributed by atoms with Crippen LogP contribution in [-0.4, -0.2) is 17.7 Å². The van der Waals surface area contributed by atoms with E-state index in [2.05, 4.69) is 6.58 Å². The molecule has 2 aromatic rings. The van der Waals surface area contributed by atoms with Crippen molar-refractivity contribution in [3.63, 3.8) is 0 Å². The molecule has 0 bridgehead atoms. The van der Waals surface area contributed by atoms with Crippen molar-refractivity contribution in [2.45, 2.75) is 33.0 Å². The van der Waals surface area contributed by atoms with Gasteiger partial charge in [-0.3, -0.25) is 9.59 Å². The standard InChI is InChI=1S/C20H22O4/c1-4-19(24-14-17-9-6-5-7-10-17)20(15(2)21,16(3)22)13-18-11-8-12-23-18/h4-12,19H,1,13-14H2,2-3H3. The minimum Gasteiger partial charge on any atom is -0.469 e. The second-order valence-corrected chi connectivity index (χ2v) is 5.79. The molecular formula is C20H22O4. The van der Waals surface area contributed by atoms with Gasteiger partial charge in [-0.2, -0.15) is 0 Å². The summed E-state index contributed by atoms with van der Waals surface area (Å²) in [5.41, 5.74) is -0.377. The quantitative estimate of drug-likeness (QED) is 0.520. The number of hydrogen-bond donors (Lipinski definition) is 0. The largest absolute Gasteiger partial charge is 0.469 e. The SMILES string of the molecule is C=CC(OCc1ccccc1)C(Cc1ccco1)(C(C)=O)C(C)=O. The van der Waals surface area contributed by atoms with Gasteiger partial charge in [-0.25, -0.2) is 0 Å². The van der Waals surface area contributed by atoms with Crippen LogP contribution in [0.4, 0.5) is 0 Å². The van der Waals surface area contributed by atoms with E-state index in [1.54, 1.807) is 12.1 Å². The van der Waals surface area contributed by atoms with Crippen LogP contribution in [0.25, 0.3) is 0 Å². The Morgan fingerprint density at radius 1 is 1.17 bits per heavy atom. The molecule has 0 aliphatic rings. The highest BCUT2D eigenvalue weighted by atomic mass is 16.5. The number of ether oxygens (including phenoxy) is 1. The Morgan fingerprint density at radius 3 is 2.33 bits per heavy atom. The van der Waals surface area contributed by atoms with Gasteiger partial charge in [0.15, 0.2) is 0 Å². The predicted molar refractivity (Wildman–Crippen MR) is 91.4 cm³/mol. The Morgan fingerprint density at radius 2 is 1.83 bits per heavy atom. The maximum Gasteiger partial charge on any atom is 0.146 e. The van der Waals surface area contributed by atoms with E-state index in [1.807, 2.05) is 30.3 Å². The maximum atomic E-state index is 12.5. The Labute approximate surface area is 142 Å². The molecule has 0 aliphatic heterocycles. The average molecular weight is 326 g/mol. The lowest BCUT2D eigenvalue weighted by Gasteiger charge is -2.34. The van der Waals surface area contributed by atoms with Gasteiger partial charge in [0.05, 0.1) is 19.0 Å². The van der Waals surface area contributed by atoms with E-state index in [-0.39, 0.29) is 24.6 Å². The lowest BCUT2D eigenvalue weighted by atomic mass is 9.71. The van der Waals surface area contributed by atoms with Gasteiger partial charge in [-0.1, -0.05) is 36.4 Å². The van der Waals surface area contributed by atoms with Crippen molar-refractivity contribution < 1.29 is 18.7 Å². The van der Waals surface area contributed by atoms with Crippen molar-refractivity contribution in [1.82, 2.24) is 0 Å². The summed E-state index contributed by atoms with van der Waals surface area (Å²) < 4.78 is 11.3. The van der Waals surface area contributed by atoms with Gasteiger partial charge in [-0.15, -0.1) is 6.58 Å². The summed E-state index contributed by atoms with van der Waals surface area (Å²) in [5, 5.41) is 0. The summed E-state index contributed by atoms with van der Waals surface area (Å²) in [5.74, 6) is 0.0456. The molecule has 1 unspecified atom stereocenters. The minimum absolute atomic E-state index is 0.149. The molecule has 1 aromatic carbocycles. The highest BCUT2D eigenvalue weighted by Gasteiger charge is 2.48. The third kappa shape index (κ3) is 3.71. The zero-order valence-corrected chi connectivity index (χ0v) is 14.0. The number of benzene rings is 1. The van der Waals surface area contributed by atoms with Gasteiger partial charge in [0.25, 0.3) is 0 Å². The summed E-state index contributed by atoms with van der Waals surface area (Å²) in [4.78, 5) is 24.9. The van der Waals surface area contributed by atoms with Crippen LogP contribution in [0.2, 0.25) is 0 Å². The summed E-state index contributed by atoms with van der Waals surface area (Å²) in [6.45, 7) is 6.88. The van der Waals surface area contributed by atoms with Crippen molar-refractivity contribution in [2.75, 3.05) is 0 Å². The van der Waals surface area contributed by atoms with Gasteiger partial charge in [0.1, 0.15) is 22.7 Å². The molecule has 126 valence electrons. The summed E-state index contributed by atoms with van der Waals surface area (Å²) >= 11 is 0. The predicted octanol–water partition coefficient (Wildman–Crippen LogP) is 3.76. The number of carbonyl (C=O) groups excluding carboxylic acids is 2. The first-order valence-corrected chi connectivity index (χ1v) is 7.83. The van der Waals surface area contributed by atoms with Gasteiger partial charge in [-0.05, 0) is 31.5 Å². The maximum absolute atomic E-state index is 12.5. The molecule has 0 spiro atoms. The average Bonchev–Trinajstić information content (AvgIpc) is 3.07. The van der Waals surface area contributed by atoms with Crippen LogP contribution >= 0.6 is 0 Å². The summed E-state index contributed by atoms with van der Waals surface area (Å²) in [6, 6.07) is 13.1. The lowest BCUT2D eigenvalue weighted by Crippen LogP contribution is -2.49. The molecule has 0 fully saturated rings. The number of hydrogen-bond acceptors (Lipinski definition) is 4. The molecule has 0 N–H and O–H groups in total. The molecular weight excluding hydrogens is 304 g/mol. The molecule has 0 amide bonds. The highest BCUT2D eigenvalue weighted by Crippen LogP contribution is 2.33. The highest BCUT2D eigenvalue weighted by molar-refractivity contribution is 6.06. The van der Waals surface area contributed by atoms with Gasteiger partial charge in [0, 0.05) is 6.42 Å². The normalized spacial score (nSPS) is 12.6. The zero-order valence-electron chi connectivity index (χ0n) is 14.0. The zero-order chi connectivity index (χ0) is 17.6. The van der Waals surface area contributed by atoms with Crippen LogP contribution < -0.4 is 0 Å². The van der Waals surface area contributed by atoms with E-state index < -0.39 is 11.5 Å². The van der Waals surface area contributed by atoms with Crippen LogP contribution in [0.1, 0.15) is 25.2 Å². The van der Waals surface area contributed by atoms with Gasteiger partial charge < -0.3 is 9.15 Å². The first-order chi connectivity index (χ1) is 11.5. The van der Waals surface area contributed by atoms with Crippen molar-refractivity contribution in [2.24, 2.45) is 5.41 Å². The third-order valence-corrected chi connectivity index (χ3v) is 4.26. The number of furan rings is 1. The smallest absolute Gasteiger partial charge is 0.146 e. The van der Waals surface area contributed by atoms with Crippen LogP contribution in [0.15, 0.2) is 65.8 Å². The second kappa shape index (κ2) is 7.88. The van der Waals surface area contributed by atoms with Crippen LogP contribution in [-0.2, 0) is 27.4 Å². The number of carbonyl (C=O) groups is 2. The van der Waals surface area contributed by atoms with Crippen molar-refractivity contribution in [1.29, 1.82) is 0 Å². The first kappa shape index (κ1) is 17.9. The fourth-order valence-corrected chi connectivity index (χ4v) is 2.86. The van der Waals surface area contributed by atoms with Crippen molar-refractivity contribution >= 4 is 11.6 Å². The van der Waals surface area contributed by atoms with E-state index in [9.17, 15) is 9.59 Å². The molecule has 0 saturated heterocycles. The van der Waals surface area contributed by atoms with Crippen LogP contribution in [0.3, 0.4) is 0 Å². The Balaban J connectivity index is 2.30. The number of ketones is 2. The number of Topliss-reactive ketones (excluding diaryl/α,β-unsaturated/α-hetero) is 2. The van der Waals surface area contributed by atoms with E-state index in [1.165, 1.54) is 26.2 Å².